The number of carbonyl (C=O) groups is 2. The highest BCUT2D eigenvalue weighted by atomic mass is 16.3. The van der Waals surface area contributed by atoms with Crippen LogP contribution in [0, 0.1) is 5.92 Å². The molecule has 2 aliphatic rings. The van der Waals surface area contributed by atoms with Gasteiger partial charge in [0.05, 0.1) is 0 Å². The number of aliphatic hydroxyl groups is 1. The van der Waals surface area contributed by atoms with Crippen LogP contribution in [0.4, 0.5) is 0 Å². The summed E-state index contributed by atoms with van der Waals surface area (Å²) in [6, 6.07) is 0. The molecule has 0 aromatic carbocycles. The molecule has 1 fully saturated rings. The van der Waals surface area contributed by atoms with Gasteiger partial charge in [0.1, 0.15) is 5.92 Å². The van der Waals surface area contributed by atoms with Gasteiger partial charge in [-0.3, -0.25) is 9.59 Å². The van der Waals surface area contributed by atoms with Crippen LogP contribution in [0.1, 0.15) is 0 Å². The topological polar surface area (TPSA) is 68.5 Å². The molecule has 12 heavy (non-hydrogen) atoms. The number of fused-ring (bicyclic) bond motifs is 1. The molecule has 2 amide bonds. The van der Waals surface area contributed by atoms with Crippen molar-refractivity contribution < 1.29 is 14.7 Å². The van der Waals surface area contributed by atoms with Crippen LogP contribution in [0.2, 0.25) is 0 Å². The molecule has 2 unspecified atom stereocenters. The Hall–Kier alpha value is -1.42. The van der Waals surface area contributed by atoms with E-state index in [1.54, 1.807) is 6.08 Å². The normalized spacial score (nSPS) is 38.2. The van der Waals surface area contributed by atoms with Crippen LogP contribution in [-0.2, 0) is 9.59 Å². The van der Waals surface area contributed by atoms with E-state index in [0.717, 1.165) is 0 Å². The molecule has 0 bridgehead atoms. The third kappa shape index (κ3) is 0.698. The second kappa shape index (κ2) is 2.04. The fourth-order valence-electron chi connectivity index (χ4n) is 1.36. The van der Waals surface area contributed by atoms with E-state index in [1.807, 2.05) is 0 Å². The van der Waals surface area contributed by atoms with E-state index in [0.29, 0.717) is 0 Å². The van der Waals surface area contributed by atoms with E-state index in [4.69, 9.17) is 0 Å². The molecule has 0 saturated carbocycles. The Morgan fingerprint density at radius 2 is 2.17 bits per heavy atom. The number of rotatable bonds is 0. The van der Waals surface area contributed by atoms with Crippen LogP contribution in [-0.4, -0.2) is 22.5 Å². The molecule has 2 rings (SSSR count). The maximum absolute atomic E-state index is 11.0. The number of amides is 2. The Morgan fingerprint density at radius 1 is 1.42 bits per heavy atom. The lowest BCUT2D eigenvalue weighted by Gasteiger charge is -2.20. The van der Waals surface area contributed by atoms with Gasteiger partial charge in [-0.25, -0.2) is 0 Å². The summed E-state index contributed by atoms with van der Waals surface area (Å²) in [4.78, 5) is 22.0. The molecule has 1 radical (unpaired) electrons. The van der Waals surface area contributed by atoms with E-state index in [1.165, 1.54) is 18.2 Å². The van der Waals surface area contributed by atoms with Crippen LogP contribution in [0.25, 0.3) is 0 Å². The van der Waals surface area contributed by atoms with E-state index in [-0.39, 0.29) is 0 Å². The number of nitrogens with zero attached hydrogens (tertiary/aromatic N) is 1. The Bertz CT molecular complexity index is 318. The first-order valence-electron chi connectivity index (χ1n) is 3.53. The lowest BCUT2D eigenvalue weighted by atomic mass is 9.86. The highest BCUT2D eigenvalue weighted by Gasteiger charge is 2.53. The zero-order chi connectivity index (χ0) is 8.77. The van der Waals surface area contributed by atoms with Crippen molar-refractivity contribution in [3.63, 3.8) is 0 Å². The van der Waals surface area contributed by atoms with Gasteiger partial charge in [-0.05, 0) is 6.08 Å². The minimum Gasteiger partial charge on any atom is -0.375 e. The first kappa shape index (κ1) is 7.24. The third-order valence-electron chi connectivity index (χ3n) is 2.06. The van der Waals surface area contributed by atoms with Crippen LogP contribution < -0.4 is 5.32 Å². The van der Waals surface area contributed by atoms with Gasteiger partial charge in [0.25, 0.3) is 11.8 Å². The lowest BCUT2D eigenvalue weighted by molar-refractivity contribution is -0.132. The number of hydrogen-bond donors (Lipinski definition) is 1. The molecule has 1 aliphatic carbocycles. The van der Waals surface area contributed by atoms with Gasteiger partial charge in [-0.2, -0.15) is 5.32 Å². The Balaban J connectivity index is 2.49. The van der Waals surface area contributed by atoms with E-state index < -0.39 is 23.3 Å². The van der Waals surface area contributed by atoms with Crippen LogP contribution in [0.15, 0.2) is 24.3 Å². The van der Waals surface area contributed by atoms with Gasteiger partial charge in [0.2, 0.25) is 0 Å². The van der Waals surface area contributed by atoms with Crippen LogP contribution in [0.3, 0.4) is 0 Å². The second-order valence-corrected chi connectivity index (χ2v) is 2.80. The summed E-state index contributed by atoms with van der Waals surface area (Å²) < 4.78 is 0. The Labute approximate surface area is 68.6 Å². The average molecular weight is 164 g/mol. The zero-order valence-corrected chi connectivity index (χ0v) is 6.10. The van der Waals surface area contributed by atoms with Crippen molar-refractivity contribution in [2.45, 2.75) is 5.60 Å². The number of hydrogen-bond acceptors (Lipinski definition) is 3. The molecule has 0 spiro atoms. The fraction of sp³-hybridized carbons (Fsp3) is 0.250. The van der Waals surface area contributed by atoms with Crippen molar-refractivity contribution in [1.29, 1.82) is 0 Å². The standard InChI is InChI=1S/C8H6NO3/c10-6-5-3-1-2-4-8(5,12)7(11)9-6/h1-5,12H. The molecule has 1 heterocycles. The summed E-state index contributed by atoms with van der Waals surface area (Å²) in [7, 11) is 0. The van der Waals surface area contributed by atoms with Crippen molar-refractivity contribution in [3.05, 3.63) is 24.3 Å². The molecule has 2 atom stereocenters. The fourth-order valence-corrected chi connectivity index (χ4v) is 1.36. The van der Waals surface area contributed by atoms with Gasteiger partial charge >= 0.3 is 0 Å². The molecule has 1 N–H and O–H groups in total. The van der Waals surface area contributed by atoms with E-state index >= 15 is 0 Å². The predicted molar refractivity (Wildman–Crippen MR) is 38.9 cm³/mol. The SMILES string of the molecule is O=C1[N]C(=O)C2(O)C=CC=CC12. The summed E-state index contributed by atoms with van der Waals surface area (Å²) in [5.74, 6) is -2.14. The van der Waals surface area contributed by atoms with E-state index in [2.05, 4.69) is 5.32 Å². The highest BCUT2D eigenvalue weighted by molar-refractivity contribution is 6.11. The first-order valence-corrected chi connectivity index (χ1v) is 3.53. The summed E-state index contributed by atoms with van der Waals surface area (Å²) in [5.41, 5.74) is -1.70. The third-order valence-corrected chi connectivity index (χ3v) is 2.06. The van der Waals surface area contributed by atoms with Crippen molar-refractivity contribution in [2.75, 3.05) is 0 Å². The molecule has 61 valence electrons. The van der Waals surface area contributed by atoms with Gasteiger partial charge in [-0.1, -0.05) is 18.2 Å². The molecular formula is C8H6NO3. The molecule has 4 heteroatoms. The monoisotopic (exact) mass is 164 g/mol. The van der Waals surface area contributed by atoms with Crippen molar-refractivity contribution in [2.24, 2.45) is 5.92 Å². The number of allylic oxidation sites excluding steroid dienone is 2. The predicted octanol–water partition coefficient (Wildman–Crippen LogP) is -0.869. The first-order chi connectivity index (χ1) is 5.64. The minimum atomic E-state index is -1.70. The van der Waals surface area contributed by atoms with Gasteiger partial charge in [0.15, 0.2) is 5.60 Å². The van der Waals surface area contributed by atoms with Gasteiger partial charge < -0.3 is 5.11 Å². The summed E-state index contributed by atoms with van der Waals surface area (Å²) >= 11 is 0. The second-order valence-electron chi connectivity index (χ2n) is 2.80. The summed E-state index contributed by atoms with van der Waals surface area (Å²) in [5, 5.41) is 12.8. The molecule has 0 aromatic heterocycles. The molecule has 0 aromatic rings. The largest absolute Gasteiger partial charge is 0.375 e. The Kier molecular flexibility index (Phi) is 1.23. The Morgan fingerprint density at radius 3 is 2.83 bits per heavy atom. The zero-order valence-electron chi connectivity index (χ0n) is 6.10. The summed E-state index contributed by atoms with van der Waals surface area (Å²) in [6.07, 6.45) is 5.93. The van der Waals surface area contributed by atoms with Crippen molar-refractivity contribution >= 4 is 11.8 Å². The smallest absolute Gasteiger partial charge is 0.285 e. The average Bonchev–Trinajstić information content (AvgIpc) is 2.25. The molecule has 1 saturated heterocycles. The molecule has 1 aliphatic heterocycles. The lowest BCUT2D eigenvalue weighted by Crippen LogP contribution is -2.39. The maximum atomic E-state index is 11.0. The van der Waals surface area contributed by atoms with Crippen molar-refractivity contribution in [3.8, 4) is 0 Å². The van der Waals surface area contributed by atoms with Gasteiger partial charge in [-0.15, -0.1) is 0 Å². The van der Waals surface area contributed by atoms with Crippen molar-refractivity contribution in [1.82, 2.24) is 5.32 Å². The van der Waals surface area contributed by atoms with E-state index in [9.17, 15) is 14.7 Å². The quantitative estimate of drug-likeness (QED) is 0.473. The molecule has 4 nitrogen and oxygen atoms in total. The van der Waals surface area contributed by atoms with Gasteiger partial charge in [0, 0.05) is 0 Å². The van der Waals surface area contributed by atoms with Crippen LogP contribution >= 0.6 is 0 Å². The molecular weight excluding hydrogens is 158 g/mol. The highest BCUT2D eigenvalue weighted by Crippen LogP contribution is 2.30. The number of carbonyl (C=O) groups excluding carboxylic acids is 2. The summed E-state index contributed by atoms with van der Waals surface area (Å²) in [6.45, 7) is 0. The van der Waals surface area contributed by atoms with Crippen LogP contribution in [0.5, 0.6) is 0 Å². The minimum absolute atomic E-state index is 0.567. The number of imide groups is 1. The maximum Gasteiger partial charge on any atom is 0.285 e.